The largest absolute Gasteiger partial charge is 0.444 e. The lowest BCUT2D eigenvalue weighted by Gasteiger charge is -2.24. The predicted octanol–water partition coefficient (Wildman–Crippen LogP) is 2.34. The Labute approximate surface area is 102 Å². The van der Waals surface area contributed by atoms with Gasteiger partial charge in [0.15, 0.2) is 5.78 Å². The topological polar surface area (TPSA) is 55.4 Å². The Hall–Kier alpha value is -0.770. The SMILES string of the molecule is CC(C)[C@@H](NC(=O)OC(C)(C)C)C(=O)CCl. The Kier molecular flexibility index (Phi) is 5.79. The van der Waals surface area contributed by atoms with Crippen molar-refractivity contribution >= 4 is 23.5 Å². The number of rotatable bonds is 4. The van der Waals surface area contributed by atoms with Crippen LogP contribution in [0.2, 0.25) is 0 Å². The van der Waals surface area contributed by atoms with Gasteiger partial charge in [-0.3, -0.25) is 4.79 Å². The summed E-state index contributed by atoms with van der Waals surface area (Å²) >= 11 is 5.47. The van der Waals surface area contributed by atoms with Gasteiger partial charge >= 0.3 is 6.09 Å². The number of alkyl carbamates (subject to hydrolysis) is 1. The Balaban J connectivity index is 4.42. The molecule has 0 fully saturated rings. The van der Waals surface area contributed by atoms with Crippen molar-refractivity contribution in [1.82, 2.24) is 5.32 Å². The third-order valence-electron chi connectivity index (χ3n) is 1.82. The van der Waals surface area contributed by atoms with E-state index in [1.807, 2.05) is 13.8 Å². The van der Waals surface area contributed by atoms with Crippen molar-refractivity contribution in [2.24, 2.45) is 5.92 Å². The second-order valence-electron chi connectivity index (χ2n) is 4.97. The van der Waals surface area contributed by atoms with Crippen molar-refractivity contribution in [3.05, 3.63) is 0 Å². The maximum Gasteiger partial charge on any atom is 0.408 e. The molecule has 0 aliphatic heterocycles. The second-order valence-corrected chi connectivity index (χ2v) is 5.24. The molecule has 0 aromatic carbocycles. The molecular formula is C11H20ClNO3. The summed E-state index contributed by atoms with van der Waals surface area (Å²) in [4.78, 5) is 22.9. The molecule has 94 valence electrons. The maximum absolute atomic E-state index is 11.5. The molecule has 0 heterocycles. The molecule has 0 aromatic heterocycles. The zero-order valence-electron chi connectivity index (χ0n) is 10.5. The van der Waals surface area contributed by atoms with Crippen LogP contribution in [-0.4, -0.2) is 29.4 Å². The van der Waals surface area contributed by atoms with E-state index in [4.69, 9.17) is 16.3 Å². The van der Waals surface area contributed by atoms with E-state index in [9.17, 15) is 9.59 Å². The average molecular weight is 250 g/mol. The molecule has 1 N–H and O–H groups in total. The van der Waals surface area contributed by atoms with Crippen molar-refractivity contribution in [3.8, 4) is 0 Å². The molecule has 4 nitrogen and oxygen atoms in total. The highest BCUT2D eigenvalue weighted by Gasteiger charge is 2.25. The third kappa shape index (κ3) is 5.95. The van der Waals surface area contributed by atoms with E-state index in [-0.39, 0.29) is 17.6 Å². The van der Waals surface area contributed by atoms with Crippen molar-refractivity contribution < 1.29 is 14.3 Å². The van der Waals surface area contributed by atoms with Gasteiger partial charge in [0.1, 0.15) is 5.60 Å². The predicted molar refractivity (Wildman–Crippen MR) is 63.7 cm³/mol. The number of alkyl halides is 1. The van der Waals surface area contributed by atoms with Gasteiger partial charge in [0.2, 0.25) is 0 Å². The lowest BCUT2D eigenvalue weighted by Crippen LogP contribution is -2.46. The molecule has 0 aliphatic carbocycles. The highest BCUT2D eigenvalue weighted by Crippen LogP contribution is 2.09. The van der Waals surface area contributed by atoms with Gasteiger partial charge in [-0.2, -0.15) is 0 Å². The molecule has 0 saturated carbocycles. The summed E-state index contributed by atoms with van der Waals surface area (Å²) in [6, 6.07) is -0.590. The fraction of sp³-hybridized carbons (Fsp3) is 0.818. The van der Waals surface area contributed by atoms with E-state index in [0.29, 0.717) is 0 Å². The number of ketones is 1. The molecular weight excluding hydrogens is 230 g/mol. The van der Waals surface area contributed by atoms with Crippen LogP contribution in [0.15, 0.2) is 0 Å². The minimum atomic E-state index is -0.593. The number of ether oxygens (including phenoxy) is 1. The first-order valence-electron chi connectivity index (χ1n) is 5.25. The van der Waals surface area contributed by atoms with Crippen molar-refractivity contribution in [1.29, 1.82) is 0 Å². The summed E-state index contributed by atoms with van der Waals surface area (Å²) in [6.07, 6.45) is -0.593. The quantitative estimate of drug-likeness (QED) is 0.778. The van der Waals surface area contributed by atoms with E-state index >= 15 is 0 Å². The van der Waals surface area contributed by atoms with Crippen LogP contribution in [0.25, 0.3) is 0 Å². The van der Waals surface area contributed by atoms with Gasteiger partial charge in [-0.25, -0.2) is 4.79 Å². The normalized spacial score (nSPS) is 13.4. The van der Waals surface area contributed by atoms with Crippen LogP contribution in [0.5, 0.6) is 0 Å². The van der Waals surface area contributed by atoms with Crippen LogP contribution in [0, 0.1) is 5.92 Å². The molecule has 0 bridgehead atoms. The van der Waals surface area contributed by atoms with Crippen LogP contribution in [0.1, 0.15) is 34.6 Å². The molecule has 0 saturated heterocycles. The van der Waals surface area contributed by atoms with E-state index in [2.05, 4.69) is 5.32 Å². The average Bonchev–Trinajstić information content (AvgIpc) is 2.09. The minimum absolute atomic E-state index is 0.0150. The van der Waals surface area contributed by atoms with Crippen molar-refractivity contribution in [2.45, 2.75) is 46.3 Å². The number of hydrogen-bond acceptors (Lipinski definition) is 3. The molecule has 0 unspecified atom stereocenters. The molecule has 1 amide bonds. The Morgan fingerprint density at radius 1 is 1.31 bits per heavy atom. The van der Waals surface area contributed by atoms with Gasteiger partial charge in [-0.15, -0.1) is 11.6 Å². The number of halogens is 1. The van der Waals surface area contributed by atoms with Gasteiger partial charge in [0.05, 0.1) is 11.9 Å². The number of hydrogen-bond donors (Lipinski definition) is 1. The van der Waals surface area contributed by atoms with Crippen LogP contribution in [-0.2, 0) is 9.53 Å². The van der Waals surface area contributed by atoms with Gasteiger partial charge in [-0.1, -0.05) is 13.8 Å². The Morgan fingerprint density at radius 3 is 2.12 bits per heavy atom. The number of carbonyl (C=O) groups excluding carboxylic acids is 2. The van der Waals surface area contributed by atoms with Gasteiger partial charge in [0, 0.05) is 0 Å². The fourth-order valence-corrected chi connectivity index (χ4v) is 1.30. The first kappa shape index (κ1) is 15.2. The monoisotopic (exact) mass is 249 g/mol. The second kappa shape index (κ2) is 6.09. The zero-order valence-corrected chi connectivity index (χ0v) is 11.2. The molecule has 0 radical (unpaired) electrons. The van der Waals surface area contributed by atoms with Crippen molar-refractivity contribution in [2.75, 3.05) is 5.88 Å². The molecule has 16 heavy (non-hydrogen) atoms. The fourth-order valence-electron chi connectivity index (χ4n) is 1.14. The summed E-state index contributed by atoms with van der Waals surface area (Å²) in [5.41, 5.74) is -0.574. The lowest BCUT2D eigenvalue weighted by molar-refractivity contribution is -0.119. The molecule has 0 rings (SSSR count). The van der Waals surface area contributed by atoms with Gasteiger partial charge in [0.25, 0.3) is 0 Å². The molecule has 5 heteroatoms. The first-order valence-corrected chi connectivity index (χ1v) is 5.79. The highest BCUT2D eigenvalue weighted by molar-refractivity contribution is 6.28. The first-order chi connectivity index (χ1) is 7.17. The molecule has 0 aliphatic rings. The number of Topliss-reactive ketones (excluding diaryl/α,β-unsaturated/α-hetero) is 1. The smallest absolute Gasteiger partial charge is 0.408 e. The van der Waals surface area contributed by atoms with E-state index in [1.165, 1.54) is 0 Å². The zero-order chi connectivity index (χ0) is 12.9. The van der Waals surface area contributed by atoms with Crippen LogP contribution < -0.4 is 5.32 Å². The van der Waals surface area contributed by atoms with E-state index in [1.54, 1.807) is 20.8 Å². The third-order valence-corrected chi connectivity index (χ3v) is 2.08. The molecule has 0 spiro atoms. The standard InChI is InChI=1S/C11H20ClNO3/c1-7(2)9(8(14)6-12)13-10(15)16-11(3,4)5/h7,9H,6H2,1-5H3,(H,13,15)/t9-/m1/s1. The summed E-state index contributed by atoms with van der Waals surface area (Å²) in [6.45, 7) is 8.97. The summed E-state index contributed by atoms with van der Waals surface area (Å²) in [7, 11) is 0. The number of amides is 1. The number of carbonyl (C=O) groups is 2. The molecule has 1 atom stereocenters. The van der Waals surface area contributed by atoms with Gasteiger partial charge in [-0.05, 0) is 26.7 Å². The molecule has 0 aromatic rings. The summed E-state index contributed by atoms with van der Waals surface area (Å²) in [5.74, 6) is -0.333. The summed E-state index contributed by atoms with van der Waals surface area (Å²) in [5, 5.41) is 2.53. The highest BCUT2D eigenvalue weighted by atomic mass is 35.5. The van der Waals surface area contributed by atoms with E-state index in [0.717, 1.165) is 0 Å². The van der Waals surface area contributed by atoms with Crippen LogP contribution in [0.4, 0.5) is 4.79 Å². The maximum atomic E-state index is 11.5. The Bertz CT molecular complexity index is 258. The minimum Gasteiger partial charge on any atom is -0.444 e. The summed E-state index contributed by atoms with van der Waals surface area (Å²) < 4.78 is 5.07. The van der Waals surface area contributed by atoms with Crippen LogP contribution in [0.3, 0.4) is 0 Å². The van der Waals surface area contributed by atoms with Crippen molar-refractivity contribution in [3.63, 3.8) is 0 Å². The number of nitrogens with one attached hydrogen (secondary N) is 1. The van der Waals surface area contributed by atoms with Crippen LogP contribution >= 0.6 is 11.6 Å². The Morgan fingerprint density at radius 2 is 1.81 bits per heavy atom. The van der Waals surface area contributed by atoms with E-state index < -0.39 is 17.7 Å². The van der Waals surface area contributed by atoms with Gasteiger partial charge < -0.3 is 10.1 Å². The lowest BCUT2D eigenvalue weighted by atomic mass is 10.0.